The van der Waals surface area contributed by atoms with Crippen molar-refractivity contribution < 1.29 is 13.9 Å². The molecule has 6 nitrogen and oxygen atoms in total. The van der Waals surface area contributed by atoms with Gasteiger partial charge >= 0.3 is 0 Å². The number of benzene rings is 1. The van der Waals surface area contributed by atoms with Crippen LogP contribution in [0.25, 0.3) is 0 Å². The number of aromatic amines is 1. The molecule has 1 aromatic heterocycles. The quantitative estimate of drug-likeness (QED) is 0.926. The number of hydrogen-bond donors (Lipinski definition) is 1. The third-order valence-corrected chi connectivity index (χ3v) is 4.19. The molecule has 1 aliphatic rings. The molecule has 1 aromatic carbocycles. The molecule has 2 aromatic rings. The van der Waals surface area contributed by atoms with Crippen molar-refractivity contribution in [2.75, 3.05) is 19.7 Å². The average molecular weight is 345 g/mol. The Morgan fingerprint density at radius 3 is 2.72 bits per heavy atom. The summed E-state index contributed by atoms with van der Waals surface area (Å²) in [6.07, 6.45) is 0.985. The van der Waals surface area contributed by atoms with Gasteiger partial charge in [0, 0.05) is 18.7 Å². The van der Waals surface area contributed by atoms with Gasteiger partial charge in [0.25, 0.3) is 11.5 Å². The molecule has 25 heavy (non-hydrogen) atoms. The first-order valence-electron chi connectivity index (χ1n) is 8.21. The first kappa shape index (κ1) is 17.3. The number of morpholine rings is 1. The van der Waals surface area contributed by atoms with Crippen LogP contribution in [0.2, 0.25) is 0 Å². The predicted molar refractivity (Wildman–Crippen MR) is 89.9 cm³/mol. The van der Waals surface area contributed by atoms with Gasteiger partial charge < -0.3 is 14.6 Å². The summed E-state index contributed by atoms with van der Waals surface area (Å²) in [5, 5.41) is 0. The van der Waals surface area contributed by atoms with Gasteiger partial charge in [0.2, 0.25) is 0 Å². The Kier molecular flexibility index (Phi) is 4.94. The standard InChI is InChI=1S/C18H20FN3O3/c1-11(2)16-20-9-14(17(23)21-16)18(24)22-7-8-25-15(10-22)12-3-5-13(19)6-4-12/h3-6,9,11,15H,7-8,10H2,1-2H3,(H,20,21,23). The van der Waals surface area contributed by atoms with Crippen molar-refractivity contribution in [1.29, 1.82) is 0 Å². The summed E-state index contributed by atoms with van der Waals surface area (Å²) < 4.78 is 18.7. The van der Waals surface area contributed by atoms with E-state index < -0.39 is 5.56 Å². The summed E-state index contributed by atoms with van der Waals surface area (Å²) in [6, 6.07) is 6.00. The van der Waals surface area contributed by atoms with E-state index in [9.17, 15) is 14.0 Å². The topological polar surface area (TPSA) is 75.3 Å². The predicted octanol–water partition coefficient (Wildman–Crippen LogP) is 2.25. The number of H-pyrrole nitrogens is 1. The van der Waals surface area contributed by atoms with Crippen molar-refractivity contribution in [2.45, 2.75) is 25.9 Å². The Labute approximate surface area is 144 Å². The molecule has 0 aliphatic carbocycles. The van der Waals surface area contributed by atoms with E-state index >= 15 is 0 Å². The fraction of sp³-hybridized carbons (Fsp3) is 0.389. The smallest absolute Gasteiger partial charge is 0.263 e. The molecule has 7 heteroatoms. The zero-order chi connectivity index (χ0) is 18.0. The summed E-state index contributed by atoms with van der Waals surface area (Å²) in [4.78, 5) is 33.3. The van der Waals surface area contributed by atoms with Crippen molar-refractivity contribution in [2.24, 2.45) is 0 Å². The van der Waals surface area contributed by atoms with E-state index in [0.717, 1.165) is 5.56 Å². The zero-order valence-electron chi connectivity index (χ0n) is 14.2. The minimum absolute atomic E-state index is 0.0177. The number of nitrogens with one attached hydrogen (secondary N) is 1. The molecule has 3 rings (SSSR count). The summed E-state index contributed by atoms with van der Waals surface area (Å²) in [5.74, 6) is -0.0781. The molecule has 0 saturated carbocycles. The molecule has 1 unspecified atom stereocenters. The van der Waals surface area contributed by atoms with Crippen molar-refractivity contribution in [3.05, 3.63) is 63.6 Å². The van der Waals surface area contributed by atoms with Crippen LogP contribution in [-0.4, -0.2) is 40.5 Å². The number of ether oxygens (including phenoxy) is 1. The normalized spacial score (nSPS) is 17.8. The molecule has 1 fully saturated rings. The number of rotatable bonds is 3. The highest BCUT2D eigenvalue weighted by Gasteiger charge is 2.27. The highest BCUT2D eigenvalue weighted by molar-refractivity contribution is 5.93. The Morgan fingerprint density at radius 1 is 1.36 bits per heavy atom. The van der Waals surface area contributed by atoms with Crippen LogP contribution in [0, 0.1) is 5.82 Å². The summed E-state index contributed by atoms with van der Waals surface area (Å²) >= 11 is 0. The number of hydrogen-bond acceptors (Lipinski definition) is 4. The van der Waals surface area contributed by atoms with Gasteiger partial charge in [-0.1, -0.05) is 26.0 Å². The molecule has 1 N–H and O–H groups in total. The van der Waals surface area contributed by atoms with Gasteiger partial charge in [-0.05, 0) is 17.7 Å². The van der Waals surface area contributed by atoms with Gasteiger partial charge in [0.15, 0.2) is 0 Å². The summed E-state index contributed by atoms with van der Waals surface area (Å²) in [6.45, 7) is 4.87. The molecule has 2 heterocycles. The summed E-state index contributed by atoms with van der Waals surface area (Å²) in [5.41, 5.74) is 0.374. The van der Waals surface area contributed by atoms with Gasteiger partial charge in [-0.2, -0.15) is 0 Å². The fourth-order valence-electron chi connectivity index (χ4n) is 2.74. The van der Waals surface area contributed by atoms with E-state index in [-0.39, 0.29) is 29.3 Å². The molecule has 132 valence electrons. The molecular formula is C18H20FN3O3. The number of halogens is 1. The molecule has 1 amide bonds. The van der Waals surface area contributed by atoms with Crippen molar-refractivity contribution in [1.82, 2.24) is 14.9 Å². The van der Waals surface area contributed by atoms with Crippen LogP contribution in [-0.2, 0) is 4.74 Å². The minimum atomic E-state index is -0.437. The first-order valence-corrected chi connectivity index (χ1v) is 8.21. The molecular weight excluding hydrogens is 325 g/mol. The molecule has 0 radical (unpaired) electrons. The van der Waals surface area contributed by atoms with Crippen LogP contribution in [0.15, 0.2) is 35.3 Å². The number of amides is 1. The lowest BCUT2D eigenvalue weighted by Gasteiger charge is -2.33. The lowest BCUT2D eigenvalue weighted by molar-refractivity contribution is -0.0229. The SMILES string of the molecule is CC(C)c1ncc(C(=O)N2CCOC(c3ccc(F)cc3)C2)c(=O)[nH]1. The van der Waals surface area contributed by atoms with E-state index in [1.165, 1.54) is 18.3 Å². The molecule has 1 saturated heterocycles. The van der Waals surface area contributed by atoms with Crippen LogP contribution < -0.4 is 5.56 Å². The van der Waals surface area contributed by atoms with Crippen LogP contribution in [0.5, 0.6) is 0 Å². The van der Waals surface area contributed by atoms with E-state index in [1.807, 2.05) is 13.8 Å². The van der Waals surface area contributed by atoms with Crippen molar-refractivity contribution in [3.8, 4) is 0 Å². The number of carbonyl (C=O) groups is 1. The average Bonchev–Trinajstić information content (AvgIpc) is 2.61. The highest BCUT2D eigenvalue weighted by Crippen LogP contribution is 2.23. The Morgan fingerprint density at radius 2 is 2.08 bits per heavy atom. The molecule has 0 spiro atoms. The third-order valence-electron chi connectivity index (χ3n) is 4.19. The maximum absolute atomic E-state index is 13.1. The van der Waals surface area contributed by atoms with Crippen LogP contribution in [0.1, 0.15) is 47.6 Å². The third kappa shape index (κ3) is 3.76. The Hall–Kier alpha value is -2.54. The van der Waals surface area contributed by atoms with Crippen LogP contribution in [0.3, 0.4) is 0 Å². The maximum Gasteiger partial charge on any atom is 0.263 e. The Bertz CT molecular complexity index is 817. The Balaban J connectivity index is 1.78. The maximum atomic E-state index is 13.1. The van der Waals surface area contributed by atoms with Gasteiger partial charge in [-0.3, -0.25) is 9.59 Å². The number of aromatic nitrogens is 2. The fourth-order valence-corrected chi connectivity index (χ4v) is 2.74. The highest BCUT2D eigenvalue weighted by atomic mass is 19.1. The monoisotopic (exact) mass is 345 g/mol. The lowest BCUT2D eigenvalue weighted by atomic mass is 10.1. The van der Waals surface area contributed by atoms with Gasteiger partial charge in [-0.15, -0.1) is 0 Å². The van der Waals surface area contributed by atoms with Crippen LogP contribution >= 0.6 is 0 Å². The summed E-state index contributed by atoms with van der Waals surface area (Å²) in [7, 11) is 0. The second-order valence-electron chi connectivity index (χ2n) is 6.33. The van der Waals surface area contributed by atoms with Crippen molar-refractivity contribution in [3.63, 3.8) is 0 Å². The van der Waals surface area contributed by atoms with Crippen molar-refractivity contribution >= 4 is 5.91 Å². The second kappa shape index (κ2) is 7.14. The molecule has 1 atom stereocenters. The van der Waals surface area contributed by atoms with Crippen LogP contribution in [0.4, 0.5) is 4.39 Å². The van der Waals surface area contributed by atoms with E-state index in [2.05, 4.69) is 9.97 Å². The molecule has 0 bridgehead atoms. The zero-order valence-corrected chi connectivity index (χ0v) is 14.2. The van der Waals surface area contributed by atoms with E-state index in [4.69, 9.17) is 4.74 Å². The largest absolute Gasteiger partial charge is 0.370 e. The number of nitrogens with zero attached hydrogens (tertiary/aromatic N) is 2. The minimum Gasteiger partial charge on any atom is -0.370 e. The van der Waals surface area contributed by atoms with Gasteiger partial charge in [0.1, 0.15) is 23.3 Å². The van der Waals surface area contributed by atoms with Gasteiger partial charge in [0.05, 0.1) is 13.2 Å². The molecule has 1 aliphatic heterocycles. The first-order chi connectivity index (χ1) is 12.0. The lowest BCUT2D eigenvalue weighted by Crippen LogP contribution is -2.44. The van der Waals surface area contributed by atoms with E-state index in [1.54, 1.807) is 17.0 Å². The number of carbonyl (C=O) groups excluding carboxylic acids is 1. The second-order valence-corrected chi connectivity index (χ2v) is 6.33. The van der Waals surface area contributed by atoms with E-state index in [0.29, 0.717) is 25.5 Å². The van der Waals surface area contributed by atoms with Gasteiger partial charge in [-0.25, -0.2) is 9.37 Å².